The lowest BCUT2D eigenvalue weighted by molar-refractivity contribution is -0.135. The van der Waals surface area contributed by atoms with Gasteiger partial charge >= 0.3 is 0 Å². The molecular weight excluding hydrogens is 446 g/mol. The third-order valence-electron chi connectivity index (χ3n) is 5.62. The van der Waals surface area contributed by atoms with Crippen LogP contribution in [0.5, 0.6) is 11.5 Å². The number of imidazole rings is 1. The average Bonchev–Trinajstić information content (AvgIpc) is 3.48. The predicted octanol–water partition coefficient (Wildman–Crippen LogP) is 3.98. The van der Waals surface area contributed by atoms with Crippen LogP contribution in [-0.2, 0) is 9.59 Å². The van der Waals surface area contributed by atoms with Gasteiger partial charge in [0.2, 0.25) is 5.91 Å². The Kier molecular flexibility index (Phi) is 5.88. The molecular formula is C26H23N5O4. The summed E-state index contributed by atoms with van der Waals surface area (Å²) in [6, 6.07) is 20.8. The Morgan fingerprint density at radius 3 is 2.66 bits per heavy atom. The fourth-order valence-corrected chi connectivity index (χ4v) is 4.01. The molecule has 0 aliphatic carbocycles. The van der Waals surface area contributed by atoms with Gasteiger partial charge in [-0.1, -0.05) is 24.3 Å². The van der Waals surface area contributed by atoms with E-state index in [1.807, 2.05) is 30.3 Å². The van der Waals surface area contributed by atoms with Gasteiger partial charge in [0, 0.05) is 19.0 Å². The number of amides is 2. The molecule has 1 aliphatic rings. The number of anilines is 1. The minimum absolute atomic E-state index is 0.114. The molecule has 0 saturated carbocycles. The van der Waals surface area contributed by atoms with Crippen molar-refractivity contribution in [2.45, 2.75) is 19.4 Å². The van der Waals surface area contributed by atoms with Crippen molar-refractivity contribution in [1.29, 1.82) is 0 Å². The second-order valence-corrected chi connectivity index (χ2v) is 8.20. The number of hydrazone groups is 1. The van der Waals surface area contributed by atoms with Crippen LogP contribution in [0.4, 0.5) is 5.69 Å². The van der Waals surface area contributed by atoms with Crippen LogP contribution in [0.2, 0.25) is 0 Å². The molecule has 0 fully saturated rings. The third kappa shape index (κ3) is 4.84. The number of phenols is 1. The van der Waals surface area contributed by atoms with E-state index in [4.69, 9.17) is 4.74 Å². The quantitative estimate of drug-likeness (QED) is 0.395. The number of phenolic OH excluding ortho intramolecular Hbond substituents is 1. The summed E-state index contributed by atoms with van der Waals surface area (Å²) in [6.45, 7) is 1.20. The fraction of sp³-hybridized carbons (Fsp3) is 0.154. The molecule has 2 heterocycles. The summed E-state index contributed by atoms with van der Waals surface area (Å²) in [5.41, 5.74) is 3.74. The van der Waals surface area contributed by atoms with Gasteiger partial charge in [0.1, 0.15) is 17.2 Å². The number of aromatic amines is 1. The minimum Gasteiger partial charge on any atom is -0.508 e. The van der Waals surface area contributed by atoms with Crippen molar-refractivity contribution in [2.24, 2.45) is 5.10 Å². The van der Waals surface area contributed by atoms with Crippen molar-refractivity contribution >= 4 is 34.2 Å². The lowest BCUT2D eigenvalue weighted by atomic mass is 10.0. The molecule has 1 aliphatic heterocycles. The van der Waals surface area contributed by atoms with Crippen molar-refractivity contribution in [3.05, 3.63) is 84.2 Å². The Bertz CT molecular complexity index is 1390. The molecule has 0 spiro atoms. The number of rotatable bonds is 6. The normalized spacial score (nSPS) is 15.2. The van der Waals surface area contributed by atoms with Gasteiger partial charge in [0.05, 0.1) is 17.1 Å². The number of nitrogens with one attached hydrogen (secondary N) is 2. The number of aromatic hydroxyl groups is 1. The van der Waals surface area contributed by atoms with E-state index in [1.54, 1.807) is 42.5 Å². The van der Waals surface area contributed by atoms with Crippen molar-refractivity contribution in [3.63, 3.8) is 0 Å². The molecule has 2 amide bonds. The number of nitrogens with zero attached hydrogens (tertiary/aromatic N) is 3. The van der Waals surface area contributed by atoms with Crippen molar-refractivity contribution in [3.8, 4) is 11.5 Å². The summed E-state index contributed by atoms with van der Waals surface area (Å²) in [6.07, 6.45) is 0.431. The van der Waals surface area contributed by atoms with Crippen LogP contribution in [0, 0.1) is 0 Å². The van der Waals surface area contributed by atoms with E-state index in [0.29, 0.717) is 29.4 Å². The van der Waals surface area contributed by atoms with Crippen LogP contribution in [0.1, 0.15) is 30.8 Å². The van der Waals surface area contributed by atoms with Crippen LogP contribution in [-0.4, -0.2) is 44.2 Å². The van der Waals surface area contributed by atoms with Crippen LogP contribution in [0.3, 0.4) is 0 Å². The summed E-state index contributed by atoms with van der Waals surface area (Å²) in [7, 11) is 0. The second-order valence-electron chi connectivity index (χ2n) is 8.20. The smallest absolute Gasteiger partial charge is 0.281 e. The molecule has 1 aromatic heterocycles. The lowest BCUT2D eigenvalue weighted by Gasteiger charge is -2.22. The summed E-state index contributed by atoms with van der Waals surface area (Å²) in [5.74, 6) is 0.695. The molecule has 9 heteroatoms. The lowest BCUT2D eigenvalue weighted by Crippen LogP contribution is -2.31. The van der Waals surface area contributed by atoms with Gasteiger partial charge in [0.25, 0.3) is 5.91 Å². The maximum Gasteiger partial charge on any atom is 0.281 e. The zero-order chi connectivity index (χ0) is 24.4. The van der Waals surface area contributed by atoms with E-state index in [0.717, 1.165) is 16.6 Å². The molecule has 0 radical (unpaired) electrons. The SMILES string of the molecule is CC(=O)Nc1ccc(OCC(=O)N2N=C(c3nc4ccccc4[nH]3)CC2c2cccc(O)c2)cc1. The highest BCUT2D eigenvalue weighted by Gasteiger charge is 2.34. The Balaban J connectivity index is 1.37. The number of hydrogen-bond donors (Lipinski definition) is 3. The van der Waals surface area contributed by atoms with Gasteiger partial charge < -0.3 is 20.1 Å². The van der Waals surface area contributed by atoms with E-state index >= 15 is 0 Å². The first kappa shape index (κ1) is 22.1. The number of hydrogen-bond acceptors (Lipinski definition) is 6. The summed E-state index contributed by atoms with van der Waals surface area (Å²) in [5, 5.41) is 18.7. The van der Waals surface area contributed by atoms with Gasteiger partial charge in [-0.2, -0.15) is 5.10 Å². The maximum absolute atomic E-state index is 13.2. The number of carbonyl (C=O) groups excluding carboxylic acids is 2. The predicted molar refractivity (Wildman–Crippen MR) is 131 cm³/mol. The number of fused-ring (bicyclic) bond motifs is 1. The Hall–Kier alpha value is -4.66. The van der Waals surface area contributed by atoms with Crippen LogP contribution in [0.15, 0.2) is 77.9 Å². The molecule has 1 atom stereocenters. The first-order valence-electron chi connectivity index (χ1n) is 11.1. The highest BCUT2D eigenvalue weighted by atomic mass is 16.5. The molecule has 9 nitrogen and oxygen atoms in total. The molecule has 5 rings (SSSR count). The number of carbonyl (C=O) groups is 2. The first-order valence-corrected chi connectivity index (χ1v) is 11.1. The van der Waals surface area contributed by atoms with Crippen molar-refractivity contribution in [1.82, 2.24) is 15.0 Å². The zero-order valence-electron chi connectivity index (χ0n) is 18.9. The zero-order valence-corrected chi connectivity index (χ0v) is 18.9. The summed E-state index contributed by atoms with van der Waals surface area (Å²) < 4.78 is 5.69. The van der Waals surface area contributed by atoms with Crippen molar-refractivity contribution < 1.29 is 19.4 Å². The van der Waals surface area contributed by atoms with E-state index in [-0.39, 0.29) is 24.2 Å². The van der Waals surface area contributed by atoms with E-state index in [2.05, 4.69) is 20.4 Å². The summed E-state index contributed by atoms with van der Waals surface area (Å²) >= 11 is 0. The monoisotopic (exact) mass is 469 g/mol. The van der Waals surface area contributed by atoms with Gasteiger partial charge in [-0.05, 0) is 54.1 Å². The third-order valence-corrected chi connectivity index (χ3v) is 5.62. The topological polar surface area (TPSA) is 120 Å². The largest absolute Gasteiger partial charge is 0.508 e. The number of para-hydroxylation sites is 2. The number of ether oxygens (including phenoxy) is 1. The highest BCUT2D eigenvalue weighted by molar-refractivity contribution is 6.02. The fourth-order valence-electron chi connectivity index (χ4n) is 4.01. The molecule has 1 unspecified atom stereocenters. The Morgan fingerprint density at radius 2 is 1.91 bits per heavy atom. The molecule has 3 N–H and O–H groups in total. The maximum atomic E-state index is 13.2. The van der Waals surface area contributed by atoms with Crippen LogP contribution < -0.4 is 10.1 Å². The second kappa shape index (κ2) is 9.30. The van der Waals surface area contributed by atoms with Gasteiger partial charge in [0.15, 0.2) is 12.4 Å². The highest BCUT2D eigenvalue weighted by Crippen LogP contribution is 2.34. The molecule has 176 valence electrons. The van der Waals surface area contributed by atoms with E-state index < -0.39 is 6.04 Å². The average molecular weight is 470 g/mol. The van der Waals surface area contributed by atoms with Crippen LogP contribution in [0.25, 0.3) is 11.0 Å². The van der Waals surface area contributed by atoms with E-state index in [9.17, 15) is 14.7 Å². The molecule has 4 aromatic rings. The van der Waals surface area contributed by atoms with Gasteiger partial charge in [-0.3, -0.25) is 9.59 Å². The van der Waals surface area contributed by atoms with Gasteiger partial charge in [-0.15, -0.1) is 0 Å². The number of aromatic nitrogens is 2. The molecule has 0 saturated heterocycles. The minimum atomic E-state index is -0.413. The Morgan fingerprint density at radius 1 is 1.11 bits per heavy atom. The van der Waals surface area contributed by atoms with Crippen molar-refractivity contribution in [2.75, 3.05) is 11.9 Å². The first-order chi connectivity index (χ1) is 17.0. The molecule has 0 bridgehead atoms. The standard InChI is InChI=1S/C26H23N5O4/c1-16(32)27-18-9-11-20(12-10-18)35-15-25(34)31-24(17-5-4-6-19(33)13-17)14-23(30-31)26-28-21-7-2-3-8-22(21)29-26/h2-13,24,33H,14-15H2,1H3,(H,27,32)(H,28,29). The Labute approximate surface area is 201 Å². The summed E-state index contributed by atoms with van der Waals surface area (Å²) in [4.78, 5) is 32.3. The number of benzene rings is 3. The number of H-pyrrole nitrogens is 1. The molecule has 3 aromatic carbocycles. The van der Waals surface area contributed by atoms with Gasteiger partial charge in [-0.25, -0.2) is 9.99 Å². The van der Waals surface area contributed by atoms with Crippen LogP contribution >= 0.6 is 0 Å². The van der Waals surface area contributed by atoms with E-state index in [1.165, 1.54) is 11.9 Å². The molecule has 35 heavy (non-hydrogen) atoms.